The van der Waals surface area contributed by atoms with Crippen LogP contribution in [0.15, 0.2) is 78.9 Å². The molecular weight excluding hydrogens is 490 g/mol. The first-order valence-corrected chi connectivity index (χ1v) is 14.0. The van der Waals surface area contributed by atoms with Crippen molar-refractivity contribution in [1.29, 1.82) is 0 Å². The molecule has 0 bridgehead atoms. The molecule has 7 heteroatoms. The maximum absolute atomic E-state index is 12.8. The Hall–Kier alpha value is -3.55. The van der Waals surface area contributed by atoms with Crippen LogP contribution in [0.4, 0.5) is 5.69 Å². The Morgan fingerprint density at radius 2 is 1.62 bits per heavy atom. The molecule has 0 radical (unpaired) electrons. The highest BCUT2D eigenvalue weighted by molar-refractivity contribution is 5.77. The van der Waals surface area contributed by atoms with Gasteiger partial charge >= 0.3 is 0 Å². The van der Waals surface area contributed by atoms with Gasteiger partial charge in [-0.3, -0.25) is 14.5 Å². The van der Waals surface area contributed by atoms with E-state index in [1.165, 1.54) is 18.4 Å². The SMILES string of the molecule is COc1ccc(N2CCN(CC(=O)NOCc3ccccc3)C(Cc3ccccc3)C2)cc1OC1CCCC1. The van der Waals surface area contributed by atoms with E-state index in [1.54, 1.807) is 7.11 Å². The molecule has 2 fully saturated rings. The van der Waals surface area contributed by atoms with Crippen molar-refractivity contribution in [2.24, 2.45) is 0 Å². The van der Waals surface area contributed by atoms with E-state index in [1.807, 2.05) is 42.5 Å². The van der Waals surface area contributed by atoms with Crippen molar-refractivity contribution in [3.63, 3.8) is 0 Å². The maximum Gasteiger partial charge on any atom is 0.257 e. The fraction of sp³-hybridized carbons (Fsp3) is 0.406. The van der Waals surface area contributed by atoms with Gasteiger partial charge in [0.15, 0.2) is 11.5 Å². The number of hydrogen-bond acceptors (Lipinski definition) is 6. The van der Waals surface area contributed by atoms with Crippen molar-refractivity contribution in [2.75, 3.05) is 38.2 Å². The minimum Gasteiger partial charge on any atom is -0.493 e. The molecule has 5 rings (SSSR count). The predicted molar refractivity (Wildman–Crippen MR) is 153 cm³/mol. The summed E-state index contributed by atoms with van der Waals surface area (Å²) in [5.74, 6) is 1.46. The first-order chi connectivity index (χ1) is 19.2. The topological polar surface area (TPSA) is 63.3 Å². The van der Waals surface area contributed by atoms with Gasteiger partial charge in [-0.25, -0.2) is 5.48 Å². The van der Waals surface area contributed by atoms with E-state index in [2.05, 4.69) is 51.7 Å². The van der Waals surface area contributed by atoms with Gasteiger partial charge in [0.25, 0.3) is 5.91 Å². The highest BCUT2D eigenvalue weighted by atomic mass is 16.6. The Labute approximate surface area is 231 Å². The lowest BCUT2D eigenvalue weighted by molar-refractivity contribution is -0.136. The molecule has 1 aliphatic carbocycles. The van der Waals surface area contributed by atoms with Crippen molar-refractivity contribution in [1.82, 2.24) is 10.4 Å². The quantitative estimate of drug-likeness (QED) is 0.353. The third-order valence-electron chi connectivity index (χ3n) is 7.64. The van der Waals surface area contributed by atoms with E-state index in [0.717, 1.165) is 61.6 Å². The molecule has 1 N–H and O–H groups in total. The summed E-state index contributed by atoms with van der Waals surface area (Å²) >= 11 is 0. The zero-order valence-electron chi connectivity index (χ0n) is 22.8. The maximum atomic E-state index is 12.8. The van der Waals surface area contributed by atoms with E-state index in [0.29, 0.717) is 13.2 Å². The zero-order valence-corrected chi connectivity index (χ0v) is 22.8. The monoisotopic (exact) mass is 529 g/mol. The average Bonchev–Trinajstić information content (AvgIpc) is 3.48. The third-order valence-corrected chi connectivity index (χ3v) is 7.64. The number of methoxy groups -OCH3 is 1. The summed E-state index contributed by atoms with van der Waals surface area (Å²) in [6.07, 6.45) is 5.77. The zero-order chi connectivity index (χ0) is 26.9. The molecule has 7 nitrogen and oxygen atoms in total. The van der Waals surface area contributed by atoms with Crippen molar-refractivity contribution in [3.05, 3.63) is 90.0 Å². The van der Waals surface area contributed by atoms with E-state index >= 15 is 0 Å². The van der Waals surface area contributed by atoms with Gasteiger partial charge in [0.2, 0.25) is 0 Å². The van der Waals surface area contributed by atoms with Gasteiger partial charge in [-0.15, -0.1) is 0 Å². The number of hydrogen-bond donors (Lipinski definition) is 1. The summed E-state index contributed by atoms with van der Waals surface area (Å²) in [5, 5.41) is 0. The van der Waals surface area contributed by atoms with Crippen LogP contribution in [0.5, 0.6) is 11.5 Å². The molecule has 1 heterocycles. The molecular formula is C32H39N3O4. The summed E-state index contributed by atoms with van der Waals surface area (Å²) < 4.78 is 12.0. The summed E-state index contributed by atoms with van der Waals surface area (Å²) in [6.45, 7) is 3.03. The number of amides is 1. The van der Waals surface area contributed by atoms with Crippen LogP contribution in [-0.4, -0.2) is 56.2 Å². The van der Waals surface area contributed by atoms with Crippen LogP contribution in [0.3, 0.4) is 0 Å². The van der Waals surface area contributed by atoms with Crippen LogP contribution in [0.25, 0.3) is 0 Å². The Balaban J connectivity index is 1.25. The number of benzene rings is 3. The smallest absolute Gasteiger partial charge is 0.257 e. The number of carbonyl (C=O) groups excluding carboxylic acids is 1. The van der Waals surface area contributed by atoms with Gasteiger partial charge in [0, 0.05) is 37.4 Å². The third kappa shape index (κ3) is 7.52. The van der Waals surface area contributed by atoms with E-state index < -0.39 is 0 Å². The molecule has 0 spiro atoms. The first kappa shape index (κ1) is 27.0. The lowest BCUT2D eigenvalue weighted by atomic mass is 10.0. The van der Waals surface area contributed by atoms with Crippen LogP contribution in [0, 0.1) is 0 Å². The molecule has 1 aliphatic heterocycles. The Kier molecular flexibility index (Phi) is 9.35. The number of nitrogens with zero attached hydrogens (tertiary/aromatic N) is 2. The van der Waals surface area contributed by atoms with Gasteiger partial charge < -0.3 is 14.4 Å². The van der Waals surface area contributed by atoms with Crippen LogP contribution in [-0.2, 0) is 22.7 Å². The number of piperazine rings is 1. The molecule has 206 valence electrons. The number of hydroxylamine groups is 1. The largest absolute Gasteiger partial charge is 0.493 e. The predicted octanol–water partition coefficient (Wildman–Crippen LogP) is 5.00. The first-order valence-electron chi connectivity index (χ1n) is 14.0. The summed E-state index contributed by atoms with van der Waals surface area (Å²) in [7, 11) is 1.69. The van der Waals surface area contributed by atoms with Crippen molar-refractivity contribution in [3.8, 4) is 11.5 Å². The lowest BCUT2D eigenvalue weighted by Gasteiger charge is -2.42. The molecule has 0 aromatic heterocycles. The van der Waals surface area contributed by atoms with Crippen LogP contribution < -0.4 is 19.9 Å². The summed E-state index contributed by atoms with van der Waals surface area (Å²) in [4.78, 5) is 23.0. The van der Waals surface area contributed by atoms with Crippen molar-refractivity contribution in [2.45, 2.75) is 50.9 Å². The minimum absolute atomic E-state index is 0.130. The molecule has 2 aliphatic rings. The molecule has 3 aromatic carbocycles. The molecule has 1 amide bonds. The second-order valence-corrected chi connectivity index (χ2v) is 10.4. The van der Waals surface area contributed by atoms with Crippen LogP contribution in [0.2, 0.25) is 0 Å². The minimum atomic E-state index is -0.130. The van der Waals surface area contributed by atoms with E-state index in [9.17, 15) is 4.79 Å². The summed E-state index contributed by atoms with van der Waals surface area (Å²) in [5.41, 5.74) is 6.03. The fourth-order valence-corrected chi connectivity index (χ4v) is 5.55. The van der Waals surface area contributed by atoms with E-state index in [-0.39, 0.29) is 18.1 Å². The number of nitrogens with one attached hydrogen (secondary N) is 1. The second kappa shape index (κ2) is 13.5. The standard InChI is InChI=1S/C32H39N3O4/c1-37-30-17-16-27(21-31(30)39-29-14-8-9-15-29)34-18-19-35(28(22-34)20-25-10-4-2-5-11-25)23-32(36)33-38-24-26-12-6-3-7-13-26/h2-7,10-13,16-17,21,28-29H,8-9,14-15,18-20,22-24H2,1H3,(H,33,36). The second-order valence-electron chi connectivity index (χ2n) is 10.4. The molecule has 1 saturated heterocycles. The number of rotatable bonds is 11. The Bertz CT molecular complexity index is 1180. The van der Waals surface area contributed by atoms with Gasteiger partial charge in [-0.2, -0.15) is 0 Å². The molecule has 1 unspecified atom stereocenters. The van der Waals surface area contributed by atoms with E-state index in [4.69, 9.17) is 14.3 Å². The van der Waals surface area contributed by atoms with Crippen molar-refractivity contribution < 1.29 is 19.1 Å². The normalized spacial score (nSPS) is 18.2. The number of anilines is 1. The Morgan fingerprint density at radius 3 is 2.33 bits per heavy atom. The van der Waals surface area contributed by atoms with Gasteiger partial charge in [0.05, 0.1) is 26.4 Å². The average molecular weight is 530 g/mol. The van der Waals surface area contributed by atoms with Crippen LogP contribution >= 0.6 is 0 Å². The van der Waals surface area contributed by atoms with Crippen LogP contribution in [0.1, 0.15) is 36.8 Å². The van der Waals surface area contributed by atoms with Gasteiger partial charge in [-0.05, 0) is 55.4 Å². The van der Waals surface area contributed by atoms with Gasteiger partial charge in [0.1, 0.15) is 0 Å². The molecule has 1 saturated carbocycles. The lowest BCUT2D eigenvalue weighted by Crippen LogP contribution is -2.56. The highest BCUT2D eigenvalue weighted by Crippen LogP contribution is 2.35. The van der Waals surface area contributed by atoms with Crippen molar-refractivity contribution >= 4 is 11.6 Å². The highest BCUT2D eigenvalue weighted by Gasteiger charge is 2.29. The molecule has 3 aromatic rings. The van der Waals surface area contributed by atoms with Gasteiger partial charge in [-0.1, -0.05) is 60.7 Å². The molecule has 39 heavy (non-hydrogen) atoms. The molecule has 1 atom stereocenters. The summed E-state index contributed by atoms with van der Waals surface area (Å²) in [6, 6.07) is 26.7. The Morgan fingerprint density at radius 1 is 0.897 bits per heavy atom. The number of ether oxygens (including phenoxy) is 2. The fourth-order valence-electron chi connectivity index (χ4n) is 5.55. The number of carbonyl (C=O) groups is 1.